The Balaban J connectivity index is 2.52. The lowest BCUT2D eigenvalue weighted by molar-refractivity contribution is -0.124. The molecule has 2 heterocycles. The summed E-state index contributed by atoms with van der Waals surface area (Å²) in [6.07, 6.45) is 5.14. The number of nitriles is 1. The van der Waals surface area contributed by atoms with E-state index < -0.39 is 0 Å². The molecular weight excluding hydrogens is 276 g/mol. The normalized spacial score (nSPS) is 11.1. The number of likely N-dealkylation sites (N-methyl/N-ethyl adjacent to an activating group) is 1. The molecule has 2 aromatic heterocycles. The minimum absolute atomic E-state index is 0.122. The smallest absolute Gasteiger partial charge is 0.264 e. The number of carbonyl (C=O) groups is 1. The van der Waals surface area contributed by atoms with Crippen LogP contribution in [0.25, 0.3) is 11.8 Å². The second-order valence-corrected chi connectivity index (χ2v) is 5.24. The van der Waals surface area contributed by atoms with Gasteiger partial charge in [0.25, 0.3) is 5.91 Å². The Morgan fingerprint density at radius 2 is 2.14 bits per heavy atom. The van der Waals surface area contributed by atoms with Gasteiger partial charge in [0.2, 0.25) is 0 Å². The van der Waals surface area contributed by atoms with E-state index in [1.807, 2.05) is 42.7 Å². The summed E-state index contributed by atoms with van der Waals surface area (Å²) >= 11 is 0. The van der Waals surface area contributed by atoms with Crippen molar-refractivity contribution in [2.24, 2.45) is 0 Å². The molecule has 2 aromatic rings. The van der Waals surface area contributed by atoms with Crippen LogP contribution >= 0.6 is 0 Å². The van der Waals surface area contributed by atoms with Crippen molar-refractivity contribution in [3.63, 3.8) is 0 Å². The Kier molecular flexibility index (Phi) is 4.42. The van der Waals surface area contributed by atoms with Crippen LogP contribution in [-0.4, -0.2) is 34.5 Å². The lowest BCUT2D eigenvalue weighted by Gasteiger charge is -2.09. The third-order valence-corrected chi connectivity index (χ3v) is 3.43. The first-order chi connectivity index (χ1) is 10.5. The fourth-order valence-electron chi connectivity index (χ4n) is 2.36. The van der Waals surface area contributed by atoms with Crippen molar-refractivity contribution in [3.05, 3.63) is 53.1 Å². The predicted octanol–water partition coefficient (Wildman–Crippen LogP) is 2.48. The number of hydrogen-bond acceptors (Lipinski definition) is 3. The highest BCUT2D eigenvalue weighted by atomic mass is 16.2. The number of aryl methyl sites for hydroxylation is 1. The third-order valence-electron chi connectivity index (χ3n) is 3.43. The average Bonchev–Trinajstić information content (AvgIpc) is 2.79. The van der Waals surface area contributed by atoms with Gasteiger partial charge in [0.15, 0.2) is 0 Å². The topological polar surface area (TPSA) is 61.9 Å². The second-order valence-electron chi connectivity index (χ2n) is 5.24. The number of amides is 1. The van der Waals surface area contributed by atoms with Crippen molar-refractivity contribution in [2.45, 2.75) is 13.8 Å². The molecule has 2 rings (SSSR count). The molecule has 0 aliphatic rings. The second kappa shape index (κ2) is 6.27. The summed E-state index contributed by atoms with van der Waals surface area (Å²) in [4.78, 5) is 17.5. The van der Waals surface area contributed by atoms with Gasteiger partial charge in [-0.3, -0.25) is 9.78 Å². The lowest BCUT2D eigenvalue weighted by atomic mass is 10.1. The average molecular weight is 294 g/mol. The lowest BCUT2D eigenvalue weighted by Crippen LogP contribution is -2.22. The maximum atomic E-state index is 12.0. The van der Waals surface area contributed by atoms with Crippen molar-refractivity contribution in [1.29, 1.82) is 5.26 Å². The molecule has 5 nitrogen and oxygen atoms in total. The molecule has 0 saturated heterocycles. The van der Waals surface area contributed by atoms with Crippen molar-refractivity contribution < 1.29 is 4.79 Å². The Hall–Kier alpha value is -2.87. The van der Waals surface area contributed by atoms with Gasteiger partial charge in [0.1, 0.15) is 11.6 Å². The van der Waals surface area contributed by atoms with Gasteiger partial charge in [-0.25, -0.2) is 0 Å². The molecular formula is C17H18N4O. The Morgan fingerprint density at radius 3 is 2.68 bits per heavy atom. The zero-order valence-electron chi connectivity index (χ0n) is 13.2. The first-order valence-corrected chi connectivity index (χ1v) is 6.88. The first-order valence-electron chi connectivity index (χ1n) is 6.88. The summed E-state index contributed by atoms with van der Waals surface area (Å²) in [6, 6.07) is 7.78. The van der Waals surface area contributed by atoms with E-state index in [1.54, 1.807) is 32.6 Å². The van der Waals surface area contributed by atoms with Crippen LogP contribution in [0, 0.1) is 25.2 Å². The SMILES string of the molecule is Cc1cc(/C=C(/C#N)C(=O)N(C)C)c(C)n1-c1cccnc1. The molecule has 0 aliphatic heterocycles. The molecule has 0 fully saturated rings. The van der Waals surface area contributed by atoms with E-state index in [0.29, 0.717) is 0 Å². The number of nitrogens with zero attached hydrogens (tertiary/aromatic N) is 4. The van der Waals surface area contributed by atoms with E-state index in [0.717, 1.165) is 22.6 Å². The summed E-state index contributed by atoms with van der Waals surface area (Å²) in [6.45, 7) is 3.94. The summed E-state index contributed by atoms with van der Waals surface area (Å²) in [7, 11) is 3.26. The Bertz CT molecular complexity index is 764. The fraction of sp³-hybridized carbons (Fsp3) is 0.235. The van der Waals surface area contributed by atoms with Crippen LogP contribution < -0.4 is 0 Å². The molecule has 22 heavy (non-hydrogen) atoms. The quantitative estimate of drug-likeness (QED) is 0.645. The van der Waals surface area contributed by atoms with E-state index in [4.69, 9.17) is 0 Å². The van der Waals surface area contributed by atoms with Crippen molar-refractivity contribution in [1.82, 2.24) is 14.5 Å². The van der Waals surface area contributed by atoms with Crippen LogP contribution in [0.4, 0.5) is 0 Å². The van der Waals surface area contributed by atoms with E-state index in [9.17, 15) is 10.1 Å². The minimum atomic E-state index is -0.298. The molecule has 0 N–H and O–H groups in total. The zero-order chi connectivity index (χ0) is 16.3. The number of rotatable bonds is 3. The van der Waals surface area contributed by atoms with Crippen molar-refractivity contribution in [2.75, 3.05) is 14.1 Å². The van der Waals surface area contributed by atoms with Gasteiger partial charge in [-0.15, -0.1) is 0 Å². The van der Waals surface area contributed by atoms with Crippen molar-refractivity contribution >= 4 is 12.0 Å². The van der Waals surface area contributed by atoms with E-state index in [1.165, 1.54) is 4.90 Å². The van der Waals surface area contributed by atoms with E-state index in [2.05, 4.69) is 4.98 Å². The summed E-state index contributed by atoms with van der Waals surface area (Å²) in [5.41, 5.74) is 3.91. The number of pyridine rings is 1. The summed E-state index contributed by atoms with van der Waals surface area (Å²) in [5, 5.41) is 9.21. The van der Waals surface area contributed by atoms with Crippen LogP contribution in [0.3, 0.4) is 0 Å². The third kappa shape index (κ3) is 2.91. The molecule has 1 amide bonds. The van der Waals surface area contributed by atoms with Gasteiger partial charge in [-0.1, -0.05) is 0 Å². The van der Waals surface area contributed by atoms with Crippen LogP contribution in [0.15, 0.2) is 36.2 Å². The largest absolute Gasteiger partial charge is 0.344 e. The van der Waals surface area contributed by atoms with Crippen molar-refractivity contribution in [3.8, 4) is 11.8 Å². The fourth-order valence-corrected chi connectivity index (χ4v) is 2.36. The van der Waals surface area contributed by atoms with E-state index >= 15 is 0 Å². The predicted molar refractivity (Wildman–Crippen MR) is 85.3 cm³/mol. The van der Waals surface area contributed by atoms with Gasteiger partial charge in [0, 0.05) is 31.7 Å². The highest BCUT2D eigenvalue weighted by Gasteiger charge is 2.14. The molecule has 5 heteroatoms. The van der Waals surface area contributed by atoms with E-state index in [-0.39, 0.29) is 11.5 Å². The maximum Gasteiger partial charge on any atom is 0.264 e. The summed E-state index contributed by atoms with van der Waals surface area (Å²) < 4.78 is 2.05. The molecule has 0 unspecified atom stereocenters. The monoisotopic (exact) mass is 294 g/mol. The maximum absolute atomic E-state index is 12.0. The van der Waals surface area contributed by atoms with Gasteiger partial charge >= 0.3 is 0 Å². The summed E-state index contributed by atoms with van der Waals surface area (Å²) in [5.74, 6) is -0.298. The molecule has 112 valence electrons. The molecule has 0 radical (unpaired) electrons. The first kappa shape index (κ1) is 15.5. The molecule has 0 saturated carbocycles. The molecule has 0 aromatic carbocycles. The molecule has 0 bridgehead atoms. The number of carbonyl (C=O) groups excluding carboxylic acids is 1. The number of aromatic nitrogens is 2. The standard InChI is InChI=1S/C17H18N4O/c1-12-8-14(9-15(10-18)17(22)20(3)4)13(2)21(12)16-6-5-7-19-11-16/h5-9,11H,1-4H3/b15-9-. The van der Waals surface area contributed by atoms with Gasteiger partial charge in [0.05, 0.1) is 11.9 Å². The minimum Gasteiger partial charge on any atom is -0.344 e. The molecule has 0 atom stereocenters. The van der Waals surface area contributed by atoms with Gasteiger partial charge in [-0.05, 0) is 43.7 Å². The highest BCUT2D eigenvalue weighted by Crippen LogP contribution is 2.22. The molecule has 0 aliphatic carbocycles. The van der Waals surface area contributed by atoms with Crippen LogP contribution in [0.2, 0.25) is 0 Å². The van der Waals surface area contributed by atoms with Crippen LogP contribution in [0.5, 0.6) is 0 Å². The van der Waals surface area contributed by atoms with Gasteiger partial charge in [-0.2, -0.15) is 5.26 Å². The van der Waals surface area contributed by atoms with Crippen LogP contribution in [0.1, 0.15) is 17.0 Å². The Labute approximate surface area is 130 Å². The zero-order valence-corrected chi connectivity index (χ0v) is 13.2. The number of hydrogen-bond donors (Lipinski definition) is 0. The Morgan fingerprint density at radius 1 is 1.41 bits per heavy atom. The molecule has 0 spiro atoms. The van der Waals surface area contributed by atoms with Gasteiger partial charge < -0.3 is 9.47 Å². The highest BCUT2D eigenvalue weighted by molar-refractivity contribution is 6.01. The van der Waals surface area contributed by atoms with Crippen LogP contribution in [-0.2, 0) is 4.79 Å².